The number of nitrogens with zero attached hydrogens (tertiary/aromatic N) is 1. The second-order valence-electron chi connectivity index (χ2n) is 7.48. The lowest BCUT2D eigenvalue weighted by molar-refractivity contribution is -0.121. The maximum atomic E-state index is 12.5. The van der Waals surface area contributed by atoms with Crippen molar-refractivity contribution in [2.75, 3.05) is 42.4 Å². The number of methoxy groups -OCH3 is 1. The monoisotopic (exact) mass is 481 g/mol. The predicted octanol–water partition coefficient (Wildman–Crippen LogP) is 5.19. The molecule has 1 aliphatic heterocycles. The third kappa shape index (κ3) is 5.90. The van der Waals surface area contributed by atoms with Crippen LogP contribution in [0, 0.1) is 0 Å². The van der Waals surface area contributed by atoms with Crippen LogP contribution in [-0.4, -0.2) is 38.8 Å². The van der Waals surface area contributed by atoms with E-state index in [0.717, 1.165) is 11.5 Å². The Bertz CT molecular complexity index is 1150. The van der Waals surface area contributed by atoms with Gasteiger partial charge in [0.05, 0.1) is 19.4 Å². The molecular weight excluding hydrogens is 458 g/mol. The molecule has 0 aliphatic carbocycles. The molecule has 0 aromatic heterocycles. The van der Waals surface area contributed by atoms with Crippen LogP contribution in [0.5, 0.6) is 17.2 Å². The average molecular weight is 482 g/mol. The molecule has 0 saturated heterocycles. The summed E-state index contributed by atoms with van der Waals surface area (Å²) in [7, 11) is 1.61. The molecule has 4 rings (SSSR count). The summed E-state index contributed by atoms with van der Waals surface area (Å²) in [5.74, 6) is 1.92. The van der Waals surface area contributed by atoms with Crippen LogP contribution in [0.4, 0.5) is 21.9 Å². The van der Waals surface area contributed by atoms with E-state index >= 15 is 0 Å². The van der Waals surface area contributed by atoms with Gasteiger partial charge in [-0.05, 0) is 73.2 Å². The highest BCUT2D eigenvalue weighted by atomic mass is 35.5. The number of nitrogens with one attached hydrogen (secondary N) is 2. The Labute approximate surface area is 202 Å². The first kappa shape index (κ1) is 23.3. The number of halogens is 1. The van der Waals surface area contributed by atoms with Gasteiger partial charge in [0.1, 0.15) is 17.2 Å². The van der Waals surface area contributed by atoms with E-state index in [1.807, 2.05) is 24.3 Å². The number of urea groups is 1. The average Bonchev–Trinajstić information content (AvgIpc) is 2.84. The Kier molecular flexibility index (Phi) is 7.39. The molecule has 0 saturated carbocycles. The Balaban J connectivity index is 1.36. The van der Waals surface area contributed by atoms with Crippen LogP contribution in [0.2, 0.25) is 5.02 Å². The van der Waals surface area contributed by atoms with Crippen LogP contribution in [0.3, 0.4) is 0 Å². The number of rotatable bonds is 8. The number of amides is 3. The second kappa shape index (κ2) is 10.8. The van der Waals surface area contributed by atoms with E-state index in [2.05, 4.69) is 10.6 Å². The van der Waals surface area contributed by atoms with Gasteiger partial charge in [0.15, 0.2) is 6.61 Å². The van der Waals surface area contributed by atoms with E-state index in [1.54, 1.807) is 54.5 Å². The van der Waals surface area contributed by atoms with Crippen LogP contribution in [0.15, 0.2) is 66.7 Å². The van der Waals surface area contributed by atoms with Crippen molar-refractivity contribution in [2.24, 2.45) is 0 Å². The van der Waals surface area contributed by atoms with Crippen molar-refractivity contribution in [2.45, 2.75) is 6.42 Å². The summed E-state index contributed by atoms with van der Waals surface area (Å²) >= 11 is 5.87. The maximum absolute atomic E-state index is 12.5. The van der Waals surface area contributed by atoms with Gasteiger partial charge in [0.25, 0.3) is 5.91 Å². The topological polar surface area (TPSA) is 89.1 Å². The van der Waals surface area contributed by atoms with Gasteiger partial charge >= 0.3 is 6.03 Å². The molecule has 0 unspecified atom stereocenters. The van der Waals surface area contributed by atoms with Crippen LogP contribution in [0.1, 0.15) is 6.42 Å². The van der Waals surface area contributed by atoms with Gasteiger partial charge in [-0.3, -0.25) is 4.79 Å². The molecule has 2 N–H and O–H groups in total. The lowest BCUT2D eigenvalue weighted by atomic mass is 10.2. The van der Waals surface area contributed by atoms with E-state index in [9.17, 15) is 9.59 Å². The third-order valence-corrected chi connectivity index (χ3v) is 5.37. The summed E-state index contributed by atoms with van der Waals surface area (Å²) in [4.78, 5) is 26.6. The number of fused-ring (bicyclic) bond motifs is 1. The van der Waals surface area contributed by atoms with Crippen LogP contribution < -0.4 is 29.7 Å². The van der Waals surface area contributed by atoms with Crippen LogP contribution in [0.25, 0.3) is 0 Å². The zero-order valence-electron chi connectivity index (χ0n) is 18.5. The smallest absolute Gasteiger partial charge is 0.323 e. The Morgan fingerprint density at radius 2 is 1.68 bits per heavy atom. The summed E-state index contributed by atoms with van der Waals surface area (Å²) in [6.07, 6.45) is 0.617. The van der Waals surface area contributed by atoms with Gasteiger partial charge in [-0.15, -0.1) is 0 Å². The molecule has 3 amide bonds. The van der Waals surface area contributed by atoms with Gasteiger partial charge < -0.3 is 29.7 Å². The first-order valence-corrected chi connectivity index (χ1v) is 11.1. The zero-order chi connectivity index (χ0) is 23.9. The van der Waals surface area contributed by atoms with Gasteiger partial charge in [0.2, 0.25) is 0 Å². The van der Waals surface area contributed by atoms with E-state index in [-0.39, 0.29) is 12.5 Å². The Hall–Kier alpha value is -3.91. The maximum Gasteiger partial charge on any atom is 0.323 e. The van der Waals surface area contributed by atoms with E-state index in [1.165, 1.54) is 0 Å². The van der Waals surface area contributed by atoms with Gasteiger partial charge in [0, 0.05) is 22.9 Å². The molecule has 34 heavy (non-hydrogen) atoms. The SMILES string of the molecule is COc1ccc(OCCCN2C(=O)COc3ccc(NC(=O)Nc4ccc(Cl)cc4)cc32)cc1. The number of hydrogen-bond donors (Lipinski definition) is 2. The molecular formula is C25H24ClN3O5. The number of ether oxygens (including phenoxy) is 3. The molecule has 8 nitrogen and oxygen atoms in total. The molecule has 176 valence electrons. The van der Waals surface area contributed by atoms with Crippen molar-refractivity contribution in [3.8, 4) is 17.2 Å². The minimum Gasteiger partial charge on any atom is -0.497 e. The quantitative estimate of drug-likeness (QED) is 0.432. The fraction of sp³-hybridized carbons (Fsp3) is 0.200. The van der Waals surface area contributed by atoms with Crippen molar-refractivity contribution in [3.05, 3.63) is 71.8 Å². The fourth-order valence-corrected chi connectivity index (χ4v) is 3.56. The van der Waals surface area contributed by atoms with Crippen LogP contribution >= 0.6 is 11.6 Å². The lowest BCUT2D eigenvalue weighted by Gasteiger charge is -2.30. The van der Waals surface area contributed by atoms with Crippen molar-refractivity contribution < 1.29 is 23.8 Å². The summed E-state index contributed by atoms with van der Waals surface area (Å²) < 4.78 is 16.5. The highest BCUT2D eigenvalue weighted by molar-refractivity contribution is 6.30. The van der Waals surface area contributed by atoms with Crippen molar-refractivity contribution >= 4 is 40.6 Å². The largest absolute Gasteiger partial charge is 0.497 e. The first-order chi connectivity index (χ1) is 16.5. The molecule has 1 heterocycles. The predicted molar refractivity (Wildman–Crippen MR) is 131 cm³/mol. The summed E-state index contributed by atoms with van der Waals surface area (Å²) in [5.41, 5.74) is 1.74. The number of hydrogen-bond acceptors (Lipinski definition) is 5. The minimum atomic E-state index is -0.412. The number of carbonyl (C=O) groups is 2. The van der Waals surface area contributed by atoms with Gasteiger partial charge in [-0.25, -0.2) is 4.79 Å². The summed E-state index contributed by atoms with van der Waals surface area (Å²) in [5, 5.41) is 6.10. The number of carbonyl (C=O) groups excluding carboxylic acids is 2. The highest BCUT2D eigenvalue weighted by Crippen LogP contribution is 2.34. The van der Waals surface area contributed by atoms with E-state index in [0.29, 0.717) is 47.4 Å². The normalized spacial score (nSPS) is 12.4. The number of anilines is 3. The summed E-state index contributed by atoms with van der Waals surface area (Å²) in [6, 6.07) is 18.9. The van der Waals surface area contributed by atoms with Crippen molar-refractivity contribution in [1.29, 1.82) is 0 Å². The molecule has 9 heteroatoms. The Morgan fingerprint density at radius 1 is 1.00 bits per heavy atom. The molecule has 0 atom stereocenters. The molecule has 0 spiro atoms. The molecule has 0 fully saturated rings. The van der Waals surface area contributed by atoms with Gasteiger partial charge in [-0.1, -0.05) is 11.6 Å². The van der Waals surface area contributed by atoms with E-state index < -0.39 is 6.03 Å². The lowest BCUT2D eigenvalue weighted by Crippen LogP contribution is -2.39. The summed E-state index contributed by atoms with van der Waals surface area (Å²) in [6.45, 7) is 0.857. The molecule has 0 bridgehead atoms. The molecule has 0 radical (unpaired) electrons. The zero-order valence-corrected chi connectivity index (χ0v) is 19.3. The van der Waals surface area contributed by atoms with Crippen LogP contribution in [-0.2, 0) is 4.79 Å². The van der Waals surface area contributed by atoms with Crippen molar-refractivity contribution in [3.63, 3.8) is 0 Å². The highest BCUT2D eigenvalue weighted by Gasteiger charge is 2.25. The van der Waals surface area contributed by atoms with Gasteiger partial charge in [-0.2, -0.15) is 0 Å². The Morgan fingerprint density at radius 3 is 2.41 bits per heavy atom. The molecule has 3 aromatic rings. The van der Waals surface area contributed by atoms with E-state index in [4.69, 9.17) is 25.8 Å². The molecule has 3 aromatic carbocycles. The third-order valence-electron chi connectivity index (χ3n) is 5.12. The van der Waals surface area contributed by atoms with Crippen molar-refractivity contribution in [1.82, 2.24) is 0 Å². The fourth-order valence-electron chi connectivity index (χ4n) is 3.44. The standard InChI is InChI=1S/C25H24ClN3O5/c1-32-20-8-10-21(11-9-20)33-14-2-13-29-22-15-19(7-12-23(22)34-16-24(29)30)28-25(31)27-18-5-3-17(26)4-6-18/h3-12,15H,2,13-14,16H2,1H3,(H2,27,28,31). The minimum absolute atomic E-state index is 0.0316. The first-order valence-electron chi connectivity index (χ1n) is 10.7. The number of benzene rings is 3. The molecule has 1 aliphatic rings. The second-order valence-corrected chi connectivity index (χ2v) is 7.92.